The van der Waals surface area contributed by atoms with Gasteiger partial charge in [-0.3, -0.25) is 9.59 Å². The molecule has 9 heteroatoms. The molecule has 1 unspecified atom stereocenters. The molecule has 1 aliphatic rings. The molecule has 2 N–H and O–H groups in total. The van der Waals surface area contributed by atoms with Crippen LogP contribution in [0.5, 0.6) is 5.75 Å². The number of nitrogens with one attached hydrogen (secondary N) is 2. The van der Waals surface area contributed by atoms with Crippen molar-refractivity contribution in [2.75, 3.05) is 24.4 Å². The van der Waals surface area contributed by atoms with E-state index >= 15 is 0 Å². The van der Waals surface area contributed by atoms with Crippen LogP contribution in [0.25, 0.3) is 0 Å². The van der Waals surface area contributed by atoms with Crippen molar-refractivity contribution >= 4 is 51.4 Å². The van der Waals surface area contributed by atoms with Crippen molar-refractivity contribution in [3.8, 4) is 5.75 Å². The van der Waals surface area contributed by atoms with Crippen LogP contribution in [-0.2, 0) is 22.4 Å². The lowest BCUT2D eigenvalue weighted by atomic mass is 9.72. The Morgan fingerprint density at radius 1 is 1.05 bits per heavy atom. The van der Waals surface area contributed by atoms with Crippen LogP contribution in [0.15, 0.2) is 48.5 Å². The third-order valence-electron chi connectivity index (χ3n) is 6.73. The fraction of sp³-hybridized carbons (Fsp3) is 0.345. The van der Waals surface area contributed by atoms with Crippen LogP contribution in [-0.4, -0.2) is 31.5 Å². The van der Waals surface area contributed by atoms with Gasteiger partial charge in [0.2, 0.25) is 0 Å². The van der Waals surface area contributed by atoms with Gasteiger partial charge in [-0.1, -0.05) is 44.5 Å². The number of esters is 1. The Kier molecular flexibility index (Phi) is 8.43. The first-order chi connectivity index (χ1) is 18.1. The zero-order chi connectivity index (χ0) is 27.4. The molecule has 3 aromatic rings. The van der Waals surface area contributed by atoms with Crippen LogP contribution in [0.2, 0.25) is 5.02 Å². The quantitative estimate of drug-likeness (QED) is 0.320. The molecule has 0 saturated carbocycles. The van der Waals surface area contributed by atoms with Crippen molar-refractivity contribution in [3.63, 3.8) is 0 Å². The monoisotopic (exact) mass is 554 g/mol. The van der Waals surface area contributed by atoms with Gasteiger partial charge in [-0.25, -0.2) is 4.79 Å². The summed E-state index contributed by atoms with van der Waals surface area (Å²) in [4.78, 5) is 39.8. The van der Waals surface area contributed by atoms with Gasteiger partial charge < -0.3 is 20.1 Å². The molecule has 1 heterocycles. The minimum Gasteiger partial charge on any atom is -0.484 e. The molecule has 0 saturated heterocycles. The predicted octanol–water partition coefficient (Wildman–Crippen LogP) is 6.61. The summed E-state index contributed by atoms with van der Waals surface area (Å²) in [5.74, 6) is -0.340. The summed E-state index contributed by atoms with van der Waals surface area (Å²) >= 11 is 7.34. The first-order valence-corrected chi connectivity index (χ1v) is 13.6. The zero-order valence-electron chi connectivity index (χ0n) is 21.9. The summed E-state index contributed by atoms with van der Waals surface area (Å²) < 4.78 is 10.5. The smallest absolute Gasteiger partial charge is 0.339 e. The number of para-hydroxylation sites is 1. The Hall–Kier alpha value is -3.36. The average molecular weight is 555 g/mol. The molecule has 0 aliphatic heterocycles. The second kappa shape index (κ2) is 11.6. The maximum Gasteiger partial charge on any atom is 0.339 e. The van der Waals surface area contributed by atoms with Gasteiger partial charge in [-0.05, 0) is 72.6 Å². The summed E-state index contributed by atoms with van der Waals surface area (Å²) in [6.45, 7) is 6.46. The van der Waals surface area contributed by atoms with E-state index in [1.165, 1.54) is 18.4 Å². The van der Waals surface area contributed by atoms with E-state index in [0.717, 1.165) is 29.7 Å². The molecule has 2 aromatic carbocycles. The first kappa shape index (κ1) is 27.7. The van der Waals surface area contributed by atoms with Crippen molar-refractivity contribution in [1.82, 2.24) is 0 Å². The molecule has 200 valence electrons. The van der Waals surface area contributed by atoms with Crippen LogP contribution in [0.3, 0.4) is 0 Å². The van der Waals surface area contributed by atoms with Gasteiger partial charge in [0.15, 0.2) is 6.61 Å². The molecule has 1 aliphatic carbocycles. The van der Waals surface area contributed by atoms with E-state index in [0.29, 0.717) is 32.9 Å². The number of benzene rings is 2. The van der Waals surface area contributed by atoms with E-state index in [2.05, 4.69) is 31.4 Å². The van der Waals surface area contributed by atoms with E-state index in [-0.39, 0.29) is 29.4 Å². The Morgan fingerprint density at radius 2 is 1.76 bits per heavy atom. The topological polar surface area (TPSA) is 93.7 Å². The SMILES string of the molecule is COC(=O)c1ccccc1NC(=O)c1c(NC(=O)COc2ccc(Cl)cc2)sc2c1CCC(C(C)(C)C)C2. The highest BCUT2D eigenvalue weighted by atomic mass is 35.5. The minimum atomic E-state index is -0.547. The normalized spacial score (nSPS) is 14.8. The predicted molar refractivity (Wildman–Crippen MR) is 151 cm³/mol. The summed E-state index contributed by atoms with van der Waals surface area (Å²) in [7, 11) is 1.29. The number of hydrogen-bond acceptors (Lipinski definition) is 6. The molecule has 38 heavy (non-hydrogen) atoms. The van der Waals surface area contributed by atoms with E-state index in [9.17, 15) is 14.4 Å². The molecule has 4 rings (SSSR count). The molecule has 7 nitrogen and oxygen atoms in total. The van der Waals surface area contributed by atoms with E-state index in [1.54, 1.807) is 48.5 Å². The van der Waals surface area contributed by atoms with Gasteiger partial charge in [0.1, 0.15) is 10.8 Å². The summed E-state index contributed by atoms with van der Waals surface area (Å²) in [5, 5.41) is 6.81. The largest absolute Gasteiger partial charge is 0.484 e. The third-order valence-corrected chi connectivity index (χ3v) is 8.16. The van der Waals surface area contributed by atoms with E-state index in [4.69, 9.17) is 21.1 Å². The number of anilines is 2. The van der Waals surface area contributed by atoms with Gasteiger partial charge >= 0.3 is 5.97 Å². The lowest BCUT2D eigenvalue weighted by Crippen LogP contribution is -2.27. The fourth-order valence-electron chi connectivity index (χ4n) is 4.56. The van der Waals surface area contributed by atoms with Gasteiger partial charge in [-0.15, -0.1) is 11.3 Å². The van der Waals surface area contributed by atoms with Gasteiger partial charge in [0.25, 0.3) is 11.8 Å². The average Bonchev–Trinajstić information content (AvgIpc) is 3.24. The van der Waals surface area contributed by atoms with Gasteiger partial charge in [0, 0.05) is 9.90 Å². The molecule has 0 bridgehead atoms. The van der Waals surface area contributed by atoms with Crippen molar-refractivity contribution < 1.29 is 23.9 Å². The van der Waals surface area contributed by atoms with Crippen LogP contribution in [0.4, 0.5) is 10.7 Å². The van der Waals surface area contributed by atoms with Crippen LogP contribution in [0, 0.1) is 11.3 Å². The van der Waals surface area contributed by atoms with Crippen molar-refractivity contribution in [3.05, 3.63) is 75.1 Å². The number of methoxy groups -OCH3 is 1. The number of rotatable bonds is 7. The van der Waals surface area contributed by atoms with E-state index in [1.807, 2.05) is 0 Å². The van der Waals surface area contributed by atoms with Crippen LogP contribution < -0.4 is 15.4 Å². The number of thiophene rings is 1. The van der Waals surface area contributed by atoms with Crippen molar-refractivity contribution in [2.24, 2.45) is 11.3 Å². The number of halogens is 1. The highest BCUT2D eigenvalue weighted by Crippen LogP contribution is 2.44. The maximum atomic E-state index is 13.7. The molecular formula is C29H31ClN2O5S. The second-order valence-electron chi connectivity index (χ2n) is 10.3. The third kappa shape index (κ3) is 6.37. The molecular weight excluding hydrogens is 524 g/mol. The molecule has 1 atom stereocenters. The minimum absolute atomic E-state index is 0.124. The number of hydrogen-bond donors (Lipinski definition) is 2. The fourth-order valence-corrected chi connectivity index (χ4v) is 6.03. The second-order valence-corrected chi connectivity index (χ2v) is 11.8. The van der Waals surface area contributed by atoms with Crippen molar-refractivity contribution in [1.29, 1.82) is 0 Å². The zero-order valence-corrected chi connectivity index (χ0v) is 23.4. The molecule has 0 radical (unpaired) electrons. The number of amides is 2. The maximum absolute atomic E-state index is 13.7. The van der Waals surface area contributed by atoms with Crippen LogP contribution >= 0.6 is 22.9 Å². The standard InChI is InChI=1S/C29H31ClN2O5S/c1-29(2,3)17-9-14-21-23(15-17)38-27(32-24(33)16-37-19-12-10-18(30)11-13-19)25(21)26(34)31-22-8-6-5-7-20(22)28(35)36-4/h5-8,10-13,17H,9,14-16H2,1-4H3,(H,31,34)(H,32,33). The Balaban J connectivity index is 1.61. The van der Waals surface area contributed by atoms with Gasteiger partial charge in [-0.2, -0.15) is 0 Å². The van der Waals surface area contributed by atoms with Crippen molar-refractivity contribution in [2.45, 2.75) is 40.0 Å². The molecule has 1 aromatic heterocycles. The Morgan fingerprint density at radius 3 is 2.45 bits per heavy atom. The summed E-state index contributed by atoms with van der Waals surface area (Å²) in [6.07, 6.45) is 2.51. The first-order valence-electron chi connectivity index (χ1n) is 12.4. The summed E-state index contributed by atoms with van der Waals surface area (Å²) in [6, 6.07) is 13.4. The summed E-state index contributed by atoms with van der Waals surface area (Å²) in [5.41, 5.74) is 2.09. The molecule has 2 amide bonds. The number of carbonyl (C=O) groups excluding carboxylic acids is 3. The highest BCUT2D eigenvalue weighted by Gasteiger charge is 2.34. The van der Waals surface area contributed by atoms with E-state index < -0.39 is 5.97 Å². The molecule has 0 fully saturated rings. The van der Waals surface area contributed by atoms with Crippen LogP contribution in [0.1, 0.15) is 58.3 Å². The number of fused-ring (bicyclic) bond motifs is 1. The van der Waals surface area contributed by atoms with Gasteiger partial charge in [0.05, 0.1) is 23.9 Å². The highest BCUT2D eigenvalue weighted by molar-refractivity contribution is 7.17. The Bertz CT molecular complexity index is 1340. The lowest BCUT2D eigenvalue weighted by Gasteiger charge is -2.33. The number of ether oxygens (including phenoxy) is 2. The lowest BCUT2D eigenvalue weighted by molar-refractivity contribution is -0.118. The number of carbonyl (C=O) groups is 3. The molecule has 0 spiro atoms. The Labute approximate surface area is 231 Å².